The number of nitro groups is 1. The van der Waals surface area contributed by atoms with E-state index in [9.17, 15) is 19.7 Å². The number of aromatic nitrogens is 2. The first-order valence-corrected chi connectivity index (χ1v) is 12.4. The number of rotatable bonds is 6. The average molecular weight is 520 g/mol. The van der Waals surface area contributed by atoms with Gasteiger partial charge in [0.2, 0.25) is 0 Å². The monoisotopic (exact) mass is 519 g/mol. The minimum Gasteiger partial charge on any atom is -0.368 e. The molecule has 2 heterocycles. The molecular formula is C27H26ClN5O4. The van der Waals surface area contributed by atoms with E-state index in [1.807, 2.05) is 37.4 Å². The summed E-state index contributed by atoms with van der Waals surface area (Å²) in [5, 5.41) is 12.4. The third-order valence-corrected chi connectivity index (χ3v) is 7.04. The first kappa shape index (κ1) is 24.7. The molecule has 1 fully saturated rings. The van der Waals surface area contributed by atoms with Crippen molar-refractivity contribution < 1.29 is 4.92 Å². The van der Waals surface area contributed by atoms with Crippen LogP contribution in [0.25, 0.3) is 10.9 Å². The summed E-state index contributed by atoms with van der Waals surface area (Å²) in [5.74, 6) is 0. The number of hydrogen-bond donors (Lipinski definition) is 0. The molecule has 190 valence electrons. The molecule has 0 bridgehead atoms. The van der Waals surface area contributed by atoms with Crippen LogP contribution in [-0.2, 0) is 13.1 Å². The van der Waals surface area contributed by atoms with Crippen LogP contribution in [0.5, 0.6) is 0 Å². The van der Waals surface area contributed by atoms with Gasteiger partial charge in [-0.2, -0.15) is 0 Å². The number of hydrogen-bond acceptors (Lipinski definition) is 6. The maximum absolute atomic E-state index is 14.0. The molecule has 1 saturated heterocycles. The minimum absolute atomic E-state index is 0.140. The van der Waals surface area contributed by atoms with E-state index in [1.165, 1.54) is 10.6 Å². The maximum Gasteiger partial charge on any atom is 0.332 e. The zero-order valence-electron chi connectivity index (χ0n) is 20.3. The molecule has 3 aromatic carbocycles. The van der Waals surface area contributed by atoms with Crippen LogP contribution < -0.4 is 16.1 Å². The summed E-state index contributed by atoms with van der Waals surface area (Å²) in [7, 11) is 2.05. The van der Waals surface area contributed by atoms with Gasteiger partial charge >= 0.3 is 5.69 Å². The zero-order chi connectivity index (χ0) is 26.1. The van der Waals surface area contributed by atoms with E-state index in [0.717, 1.165) is 23.2 Å². The van der Waals surface area contributed by atoms with Gasteiger partial charge in [0.1, 0.15) is 0 Å². The summed E-state index contributed by atoms with van der Waals surface area (Å²) >= 11 is 6.54. The van der Waals surface area contributed by atoms with E-state index in [1.54, 1.807) is 30.3 Å². The Morgan fingerprint density at radius 1 is 0.892 bits per heavy atom. The van der Waals surface area contributed by atoms with Gasteiger partial charge in [0.05, 0.1) is 34.6 Å². The number of anilines is 1. The molecule has 0 unspecified atom stereocenters. The molecule has 0 radical (unpaired) electrons. The van der Waals surface area contributed by atoms with Crippen molar-refractivity contribution in [3.8, 4) is 0 Å². The van der Waals surface area contributed by atoms with E-state index in [4.69, 9.17) is 11.6 Å². The summed E-state index contributed by atoms with van der Waals surface area (Å²) in [6.07, 6.45) is 0. The summed E-state index contributed by atoms with van der Waals surface area (Å²) in [6, 6.07) is 19.0. The fraction of sp³-hybridized carbons (Fsp3) is 0.259. The van der Waals surface area contributed by atoms with Crippen molar-refractivity contribution >= 4 is 33.9 Å². The van der Waals surface area contributed by atoms with Crippen molar-refractivity contribution in [2.45, 2.75) is 13.1 Å². The van der Waals surface area contributed by atoms with E-state index in [-0.39, 0.29) is 24.3 Å². The third-order valence-electron chi connectivity index (χ3n) is 6.82. The quantitative estimate of drug-likeness (QED) is 0.285. The van der Waals surface area contributed by atoms with Gasteiger partial charge in [-0.15, -0.1) is 0 Å². The van der Waals surface area contributed by atoms with Gasteiger partial charge in [-0.05, 0) is 24.7 Å². The van der Waals surface area contributed by atoms with Crippen molar-refractivity contribution in [1.82, 2.24) is 14.0 Å². The maximum atomic E-state index is 14.0. The van der Waals surface area contributed by atoms with Crippen molar-refractivity contribution in [2.75, 3.05) is 38.1 Å². The van der Waals surface area contributed by atoms with Crippen LogP contribution in [-0.4, -0.2) is 52.2 Å². The SMILES string of the molecule is CN1CCN(c2cc(Cl)cc3c2c(=O)n(Cc2ccccc2[N+](=O)[O-])c(=O)n3Cc2ccccc2)CC1. The third kappa shape index (κ3) is 4.87. The molecule has 0 spiro atoms. The molecule has 1 aromatic heterocycles. The highest BCUT2D eigenvalue weighted by Crippen LogP contribution is 2.30. The molecular weight excluding hydrogens is 494 g/mol. The average Bonchev–Trinajstić information content (AvgIpc) is 2.89. The number of likely N-dealkylation sites (N-methyl/N-ethyl adjacent to an activating group) is 1. The van der Waals surface area contributed by atoms with Crippen LogP contribution >= 0.6 is 11.6 Å². The highest BCUT2D eigenvalue weighted by Gasteiger charge is 2.24. The lowest BCUT2D eigenvalue weighted by Crippen LogP contribution is -2.46. The topological polar surface area (TPSA) is 93.6 Å². The van der Waals surface area contributed by atoms with Crippen molar-refractivity contribution in [3.05, 3.63) is 114 Å². The van der Waals surface area contributed by atoms with E-state index in [2.05, 4.69) is 9.80 Å². The summed E-state index contributed by atoms with van der Waals surface area (Å²) in [6.45, 7) is 3.05. The molecule has 0 aliphatic carbocycles. The molecule has 9 nitrogen and oxygen atoms in total. The molecule has 37 heavy (non-hydrogen) atoms. The normalized spacial score (nSPS) is 14.3. The van der Waals surface area contributed by atoms with Crippen LogP contribution in [0.1, 0.15) is 11.1 Å². The van der Waals surface area contributed by atoms with E-state index in [0.29, 0.717) is 34.7 Å². The standard InChI is InChI=1S/C27H26ClN5O4/c1-29-11-13-30(14-12-29)23-15-21(28)16-24-25(23)26(34)32(18-20-9-5-6-10-22(20)33(36)37)27(35)31(24)17-19-7-3-2-4-8-19/h2-10,15-16H,11-14,17-18H2,1H3. The fourth-order valence-electron chi connectivity index (χ4n) is 4.83. The second-order valence-electron chi connectivity index (χ2n) is 9.24. The van der Waals surface area contributed by atoms with Crippen LogP contribution in [0, 0.1) is 10.1 Å². The lowest BCUT2D eigenvalue weighted by Gasteiger charge is -2.34. The van der Waals surface area contributed by atoms with E-state index >= 15 is 0 Å². The zero-order valence-corrected chi connectivity index (χ0v) is 21.1. The van der Waals surface area contributed by atoms with Crippen molar-refractivity contribution in [2.24, 2.45) is 0 Å². The Bertz CT molecular complexity index is 1590. The highest BCUT2D eigenvalue weighted by molar-refractivity contribution is 6.31. The lowest BCUT2D eigenvalue weighted by atomic mass is 10.1. The Labute approximate surface area is 217 Å². The Morgan fingerprint density at radius 2 is 1.57 bits per heavy atom. The predicted molar refractivity (Wildman–Crippen MR) is 145 cm³/mol. The summed E-state index contributed by atoms with van der Waals surface area (Å²) in [4.78, 5) is 43.3. The largest absolute Gasteiger partial charge is 0.368 e. The molecule has 0 N–H and O–H groups in total. The van der Waals surface area contributed by atoms with Crippen molar-refractivity contribution in [3.63, 3.8) is 0 Å². The molecule has 0 atom stereocenters. The molecule has 5 rings (SSSR count). The Balaban J connectivity index is 1.77. The van der Waals surface area contributed by atoms with Gasteiger partial charge in [0, 0.05) is 42.8 Å². The van der Waals surface area contributed by atoms with Gasteiger partial charge in [-0.3, -0.25) is 24.0 Å². The molecule has 1 aliphatic rings. The molecule has 1 aliphatic heterocycles. The smallest absolute Gasteiger partial charge is 0.332 e. The van der Waals surface area contributed by atoms with Gasteiger partial charge in [0.25, 0.3) is 11.2 Å². The molecule has 10 heteroatoms. The number of nitrogens with zero attached hydrogens (tertiary/aromatic N) is 5. The van der Waals surface area contributed by atoms with Crippen LogP contribution in [0.3, 0.4) is 0 Å². The number of piperazine rings is 1. The number of fused-ring (bicyclic) bond motifs is 1. The lowest BCUT2D eigenvalue weighted by molar-refractivity contribution is -0.385. The Kier molecular flexibility index (Phi) is 6.82. The van der Waals surface area contributed by atoms with Gasteiger partial charge in [0.15, 0.2) is 0 Å². The minimum atomic E-state index is -0.550. The number of nitro benzene ring substituents is 1. The highest BCUT2D eigenvalue weighted by atomic mass is 35.5. The second-order valence-corrected chi connectivity index (χ2v) is 9.68. The van der Waals surface area contributed by atoms with Crippen LogP contribution in [0.15, 0.2) is 76.3 Å². The predicted octanol–water partition coefficient (Wildman–Crippen LogP) is 3.57. The first-order chi connectivity index (χ1) is 17.8. The van der Waals surface area contributed by atoms with Crippen LogP contribution in [0.4, 0.5) is 11.4 Å². The van der Waals surface area contributed by atoms with Gasteiger partial charge < -0.3 is 9.80 Å². The number of halogens is 1. The van der Waals surface area contributed by atoms with Gasteiger partial charge in [-0.1, -0.05) is 60.1 Å². The molecule has 0 amide bonds. The van der Waals surface area contributed by atoms with E-state index < -0.39 is 16.2 Å². The number of para-hydroxylation sites is 1. The molecule has 0 saturated carbocycles. The Hall–Kier alpha value is -3.95. The van der Waals surface area contributed by atoms with Crippen molar-refractivity contribution in [1.29, 1.82) is 0 Å². The first-order valence-electron chi connectivity index (χ1n) is 12.0. The van der Waals surface area contributed by atoms with Crippen LogP contribution in [0.2, 0.25) is 5.02 Å². The molecule has 4 aromatic rings. The van der Waals surface area contributed by atoms with Gasteiger partial charge in [-0.25, -0.2) is 4.79 Å². The summed E-state index contributed by atoms with van der Waals surface area (Å²) < 4.78 is 2.63. The second kappa shape index (κ2) is 10.2. The Morgan fingerprint density at radius 3 is 2.27 bits per heavy atom. The number of benzene rings is 3. The fourth-order valence-corrected chi connectivity index (χ4v) is 5.04. The summed E-state index contributed by atoms with van der Waals surface area (Å²) in [5.41, 5.74) is 1.09.